The minimum absolute atomic E-state index is 0.681. The van der Waals surface area contributed by atoms with Gasteiger partial charge in [0.05, 0.1) is 5.56 Å². The van der Waals surface area contributed by atoms with E-state index in [2.05, 4.69) is 11.1 Å². The van der Waals surface area contributed by atoms with Crippen LogP contribution in [0.1, 0.15) is 5.56 Å². The molecular formula is C9H7N3. The number of aromatic nitrogens is 2. The Morgan fingerprint density at radius 3 is 3.17 bits per heavy atom. The zero-order valence-electron chi connectivity index (χ0n) is 6.65. The molecule has 0 aromatic carbocycles. The van der Waals surface area contributed by atoms with Gasteiger partial charge in [0.2, 0.25) is 0 Å². The lowest BCUT2D eigenvalue weighted by molar-refractivity contribution is 0.947. The number of hydrogen-bond donors (Lipinski definition) is 0. The summed E-state index contributed by atoms with van der Waals surface area (Å²) in [5.41, 5.74) is 1.54. The van der Waals surface area contributed by atoms with Crippen molar-refractivity contribution in [3.8, 4) is 6.07 Å². The predicted molar refractivity (Wildman–Crippen MR) is 45.4 cm³/mol. The van der Waals surface area contributed by atoms with Gasteiger partial charge in [-0.1, -0.05) is 0 Å². The van der Waals surface area contributed by atoms with Crippen LogP contribution in [0, 0.1) is 11.3 Å². The molecule has 0 aliphatic heterocycles. The van der Waals surface area contributed by atoms with Gasteiger partial charge in [-0.05, 0) is 12.1 Å². The second-order valence-corrected chi connectivity index (χ2v) is 2.64. The molecule has 0 aliphatic rings. The maximum absolute atomic E-state index is 8.76. The average Bonchev–Trinajstić information content (AvgIpc) is 2.44. The second-order valence-electron chi connectivity index (χ2n) is 2.64. The first-order valence-corrected chi connectivity index (χ1v) is 3.63. The molecule has 2 aromatic heterocycles. The lowest BCUT2D eigenvalue weighted by Crippen LogP contribution is -1.85. The highest BCUT2D eigenvalue weighted by molar-refractivity contribution is 5.82. The van der Waals surface area contributed by atoms with Crippen molar-refractivity contribution in [1.29, 1.82) is 5.26 Å². The molecule has 0 saturated carbocycles. The molecule has 0 amide bonds. The van der Waals surface area contributed by atoms with Crippen LogP contribution in [0.25, 0.3) is 11.0 Å². The third-order valence-electron chi connectivity index (χ3n) is 1.85. The van der Waals surface area contributed by atoms with Crippen molar-refractivity contribution < 1.29 is 0 Å². The minimum Gasteiger partial charge on any atom is -0.334 e. The van der Waals surface area contributed by atoms with Crippen molar-refractivity contribution >= 4 is 11.0 Å². The van der Waals surface area contributed by atoms with Crippen LogP contribution in [0.2, 0.25) is 0 Å². The van der Waals surface area contributed by atoms with Gasteiger partial charge in [0.25, 0.3) is 0 Å². The van der Waals surface area contributed by atoms with Crippen LogP contribution in [0.15, 0.2) is 24.5 Å². The number of fused-ring (bicyclic) bond motifs is 1. The summed E-state index contributed by atoms with van der Waals surface area (Å²) in [6.07, 6.45) is 3.52. The van der Waals surface area contributed by atoms with E-state index < -0.39 is 0 Å². The molecule has 0 N–H and O–H groups in total. The van der Waals surface area contributed by atoms with Gasteiger partial charge in [0.1, 0.15) is 11.7 Å². The van der Waals surface area contributed by atoms with Gasteiger partial charge in [0.15, 0.2) is 0 Å². The fourth-order valence-electron chi connectivity index (χ4n) is 1.30. The van der Waals surface area contributed by atoms with E-state index in [1.165, 1.54) is 0 Å². The summed E-state index contributed by atoms with van der Waals surface area (Å²) in [5, 5.41) is 9.68. The monoisotopic (exact) mass is 157 g/mol. The molecule has 0 bridgehead atoms. The molecule has 2 rings (SSSR count). The molecule has 0 aliphatic carbocycles. The fourth-order valence-corrected chi connectivity index (χ4v) is 1.30. The van der Waals surface area contributed by atoms with Crippen molar-refractivity contribution in [2.75, 3.05) is 0 Å². The van der Waals surface area contributed by atoms with E-state index in [0.717, 1.165) is 11.0 Å². The number of nitriles is 1. The molecule has 0 fully saturated rings. The number of rotatable bonds is 0. The maximum atomic E-state index is 8.76. The van der Waals surface area contributed by atoms with Gasteiger partial charge in [-0.3, -0.25) is 0 Å². The van der Waals surface area contributed by atoms with Crippen molar-refractivity contribution in [2.24, 2.45) is 7.05 Å². The van der Waals surface area contributed by atoms with E-state index in [0.29, 0.717) is 5.56 Å². The Labute approximate surface area is 69.9 Å². The maximum Gasteiger partial charge on any atom is 0.140 e. The summed E-state index contributed by atoms with van der Waals surface area (Å²) in [6, 6.07) is 5.87. The molecule has 3 nitrogen and oxygen atoms in total. The standard InChI is InChI=1S/C9H7N3/c1-12-6-7(5-10)8-3-2-4-11-9(8)12/h2-4,6H,1H3. The zero-order chi connectivity index (χ0) is 8.55. The number of pyridine rings is 1. The lowest BCUT2D eigenvalue weighted by atomic mass is 10.2. The Balaban J connectivity index is 2.94. The van der Waals surface area contributed by atoms with Crippen molar-refractivity contribution in [2.45, 2.75) is 0 Å². The highest BCUT2D eigenvalue weighted by Gasteiger charge is 2.04. The highest BCUT2D eigenvalue weighted by Crippen LogP contribution is 2.16. The predicted octanol–water partition coefficient (Wildman–Crippen LogP) is 1.44. The van der Waals surface area contributed by atoms with E-state index in [4.69, 9.17) is 5.26 Å². The molecular weight excluding hydrogens is 150 g/mol. The molecule has 0 unspecified atom stereocenters. The van der Waals surface area contributed by atoms with E-state index in [1.807, 2.05) is 23.7 Å². The SMILES string of the molecule is Cn1cc(C#N)c2cccnc21. The number of nitrogens with zero attached hydrogens (tertiary/aromatic N) is 3. The van der Waals surface area contributed by atoms with E-state index in [9.17, 15) is 0 Å². The molecule has 0 radical (unpaired) electrons. The van der Waals surface area contributed by atoms with Gasteiger partial charge in [0, 0.05) is 24.8 Å². The summed E-state index contributed by atoms with van der Waals surface area (Å²) >= 11 is 0. The number of aryl methyl sites for hydroxylation is 1. The first-order valence-electron chi connectivity index (χ1n) is 3.63. The minimum atomic E-state index is 0.681. The van der Waals surface area contributed by atoms with Gasteiger partial charge >= 0.3 is 0 Å². The Morgan fingerprint density at radius 2 is 2.42 bits per heavy atom. The first-order chi connectivity index (χ1) is 5.83. The molecule has 0 spiro atoms. The van der Waals surface area contributed by atoms with Crippen molar-refractivity contribution in [1.82, 2.24) is 9.55 Å². The Morgan fingerprint density at radius 1 is 1.58 bits per heavy atom. The second kappa shape index (κ2) is 2.35. The summed E-state index contributed by atoms with van der Waals surface area (Å²) < 4.78 is 1.86. The van der Waals surface area contributed by atoms with E-state index in [1.54, 1.807) is 12.4 Å². The fraction of sp³-hybridized carbons (Fsp3) is 0.111. The largest absolute Gasteiger partial charge is 0.334 e. The number of hydrogen-bond acceptors (Lipinski definition) is 2. The normalized spacial score (nSPS) is 10.0. The Hall–Kier alpha value is -1.82. The summed E-state index contributed by atoms with van der Waals surface area (Å²) in [4.78, 5) is 4.16. The molecule has 0 atom stereocenters. The van der Waals surface area contributed by atoms with Crippen LogP contribution in [-0.2, 0) is 7.05 Å². The quantitative estimate of drug-likeness (QED) is 0.580. The molecule has 12 heavy (non-hydrogen) atoms. The van der Waals surface area contributed by atoms with E-state index >= 15 is 0 Å². The molecule has 2 aromatic rings. The molecule has 3 heteroatoms. The zero-order valence-corrected chi connectivity index (χ0v) is 6.65. The molecule has 0 saturated heterocycles. The van der Waals surface area contributed by atoms with Crippen LogP contribution in [0.5, 0.6) is 0 Å². The van der Waals surface area contributed by atoms with Crippen molar-refractivity contribution in [3.05, 3.63) is 30.1 Å². The van der Waals surface area contributed by atoms with Crippen LogP contribution in [0.3, 0.4) is 0 Å². The highest BCUT2D eigenvalue weighted by atomic mass is 15.0. The molecule has 58 valence electrons. The van der Waals surface area contributed by atoms with Gasteiger partial charge in [-0.2, -0.15) is 5.26 Å². The summed E-state index contributed by atoms with van der Waals surface area (Å²) in [5.74, 6) is 0. The summed E-state index contributed by atoms with van der Waals surface area (Å²) in [6.45, 7) is 0. The Bertz CT molecular complexity index is 462. The van der Waals surface area contributed by atoms with Crippen molar-refractivity contribution in [3.63, 3.8) is 0 Å². The molecule has 2 heterocycles. The smallest absolute Gasteiger partial charge is 0.140 e. The third kappa shape index (κ3) is 0.785. The van der Waals surface area contributed by atoms with Gasteiger partial charge < -0.3 is 4.57 Å². The van der Waals surface area contributed by atoms with E-state index in [-0.39, 0.29) is 0 Å². The van der Waals surface area contributed by atoms with Gasteiger partial charge in [-0.15, -0.1) is 0 Å². The average molecular weight is 157 g/mol. The topological polar surface area (TPSA) is 41.6 Å². The van der Waals surface area contributed by atoms with Crippen LogP contribution in [0.4, 0.5) is 0 Å². The lowest BCUT2D eigenvalue weighted by Gasteiger charge is -1.91. The summed E-state index contributed by atoms with van der Waals surface area (Å²) in [7, 11) is 1.89. The Kier molecular flexibility index (Phi) is 1.34. The van der Waals surface area contributed by atoms with Crippen LogP contribution >= 0.6 is 0 Å². The van der Waals surface area contributed by atoms with Gasteiger partial charge in [-0.25, -0.2) is 4.98 Å². The van der Waals surface area contributed by atoms with Crippen LogP contribution < -0.4 is 0 Å². The first kappa shape index (κ1) is 6.86. The third-order valence-corrected chi connectivity index (χ3v) is 1.85. The van der Waals surface area contributed by atoms with Crippen LogP contribution in [-0.4, -0.2) is 9.55 Å².